The van der Waals surface area contributed by atoms with Crippen LogP contribution in [0.4, 0.5) is 26.3 Å². The van der Waals surface area contributed by atoms with E-state index in [4.69, 9.17) is 18.9 Å². The first-order valence-corrected chi connectivity index (χ1v) is 20.2. The fraction of sp³-hybridized carbons (Fsp3) is 0.478. The molecule has 10 heteroatoms. The van der Waals surface area contributed by atoms with Gasteiger partial charge in [-0.2, -0.15) is 8.78 Å². The van der Waals surface area contributed by atoms with E-state index in [2.05, 4.69) is 6.92 Å². The molecule has 306 valence electrons. The highest BCUT2D eigenvalue weighted by atomic mass is 19.2. The minimum atomic E-state index is -1.14. The SMILES string of the molecule is CCOc1ccc(-c2ccc(OCCCCCCCCC(C)CCCCCCCCOc3ccc(-c4ccc(OCC)c(F)c4F)c(F)c3)cc2F)c(F)c1F. The van der Waals surface area contributed by atoms with Gasteiger partial charge in [-0.15, -0.1) is 0 Å². The summed E-state index contributed by atoms with van der Waals surface area (Å²) < 4.78 is 109. The van der Waals surface area contributed by atoms with Gasteiger partial charge in [-0.1, -0.05) is 84.0 Å². The van der Waals surface area contributed by atoms with Gasteiger partial charge in [-0.25, -0.2) is 17.6 Å². The van der Waals surface area contributed by atoms with Gasteiger partial charge in [0.25, 0.3) is 0 Å². The number of halogens is 6. The van der Waals surface area contributed by atoms with E-state index in [-0.39, 0.29) is 47.0 Å². The predicted octanol–water partition coefficient (Wildman–Crippen LogP) is 14.2. The molecular formula is C46H56F6O4. The Balaban J connectivity index is 0.970. The molecule has 4 nitrogen and oxygen atoms in total. The van der Waals surface area contributed by atoms with Crippen molar-refractivity contribution in [3.63, 3.8) is 0 Å². The Morgan fingerprint density at radius 3 is 1.14 bits per heavy atom. The van der Waals surface area contributed by atoms with Gasteiger partial charge in [0, 0.05) is 34.4 Å². The minimum absolute atomic E-state index is 0.0354. The smallest absolute Gasteiger partial charge is 0.201 e. The summed E-state index contributed by atoms with van der Waals surface area (Å²) in [6.45, 7) is 6.99. The van der Waals surface area contributed by atoms with Gasteiger partial charge in [0.15, 0.2) is 23.1 Å². The fourth-order valence-electron chi connectivity index (χ4n) is 6.75. The molecule has 0 heterocycles. The maximum absolute atomic E-state index is 14.8. The topological polar surface area (TPSA) is 36.9 Å². The average molecular weight is 787 g/mol. The third-order valence-electron chi connectivity index (χ3n) is 9.87. The van der Waals surface area contributed by atoms with Gasteiger partial charge in [-0.05, 0) is 81.1 Å². The molecule has 0 saturated heterocycles. The maximum Gasteiger partial charge on any atom is 0.201 e. The average Bonchev–Trinajstić information content (AvgIpc) is 3.18. The molecule has 0 aromatic heterocycles. The lowest BCUT2D eigenvalue weighted by Crippen LogP contribution is -2.00. The van der Waals surface area contributed by atoms with Gasteiger partial charge in [0.2, 0.25) is 11.6 Å². The van der Waals surface area contributed by atoms with E-state index >= 15 is 0 Å². The quantitative estimate of drug-likeness (QED) is 0.0469. The predicted molar refractivity (Wildman–Crippen MR) is 211 cm³/mol. The van der Waals surface area contributed by atoms with E-state index < -0.39 is 34.9 Å². The van der Waals surface area contributed by atoms with Crippen LogP contribution in [0, 0.1) is 40.8 Å². The van der Waals surface area contributed by atoms with Crippen LogP contribution >= 0.6 is 0 Å². The van der Waals surface area contributed by atoms with E-state index in [1.165, 1.54) is 99.9 Å². The van der Waals surface area contributed by atoms with Crippen LogP contribution in [0.3, 0.4) is 0 Å². The number of benzene rings is 4. The zero-order valence-electron chi connectivity index (χ0n) is 33.0. The van der Waals surface area contributed by atoms with Crippen molar-refractivity contribution in [1.29, 1.82) is 0 Å². The normalized spacial score (nSPS) is 11.3. The van der Waals surface area contributed by atoms with Crippen molar-refractivity contribution in [3.8, 4) is 45.3 Å². The van der Waals surface area contributed by atoms with Crippen LogP contribution in [0.25, 0.3) is 22.3 Å². The van der Waals surface area contributed by atoms with E-state index in [1.54, 1.807) is 26.0 Å². The number of hydrogen-bond donors (Lipinski definition) is 0. The zero-order valence-corrected chi connectivity index (χ0v) is 33.0. The summed E-state index contributed by atoms with van der Waals surface area (Å²) >= 11 is 0. The zero-order chi connectivity index (χ0) is 40.3. The molecule has 56 heavy (non-hydrogen) atoms. The molecule has 0 bridgehead atoms. The van der Waals surface area contributed by atoms with Gasteiger partial charge >= 0.3 is 0 Å². The molecule has 0 saturated carbocycles. The highest BCUT2D eigenvalue weighted by Gasteiger charge is 2.20. The van der Waals surface area contributed by atoms with E-state index in [1.807, 2.05) is 0 Å². The summed E-state index contributed by atoms with van der Waals surface area (Å²) in [5.74, 6) is -4.88. The second kappa shape index (κ2) is 23.7. The molecule has 0 unspecified atom stereocenters. The van der Waals surface area contributed by atoms with Crippen molar-refractivity contribution >= 4 is 0 Å². The number of hydrogen-bond acceptors (Lipinski definition) is 4. The second-order valence-electron chi connectivity index (χ2n) is 14.2. The lowest BCUT2D eigenvalue weighted by atomic mass is 9.96. The van der Waals surface area contributed by atoms with Crippen molar-refractivity contribution < 1.29 is 45.3 Å². The molecule has 4 aromatic carbocycles. The van der Waals surface area contributed by atoms with Crippen LogP contribution in [0.5, 0.6) is 23.0 Å². The monoisotopic (exact) mass is 786 g/mol. The highest BCUT2D eigenvalue weighted by Crippen LogP contribution is 2.34. The lowest BCUT2D eigenvalue weighted by Gasteiger charge is -2.12. The summed E-state index contributed by atoms with van der Waals surface area (Å²) in [6.07, 6.45) is 15.7. The first-order valence-electron chi connectivity index (χ1n) is 20.2. The number of unbranched alkanes of at least 4 members (excludes halogenated alkanes) is 10. The van der Waals surface area contributed by atoms with Gasteiger partial charge in [0.1, 0.15) is 23.1 Å². The number of rotatable bonds is 26. The summed E-state index contributed by atoms with van der Waals surface area (Å²) in [4.78, 5) is 0. The maximum atomic E-state index is 14.8. The Labute approximate surface area is 328 Å². The summed E-state index contributed by atoms with van der Waals surface area (Å²) in [6, 6.07) is 13.6. The van der Waals surface area contributed by atoms with Crippen LogP contribution in [-0.4, -0.2) is 26.4 Å². The lowest BCUT2D eigenvalue weighted by molar-refractivity contribution is 0.302. The summed E-state index contributed by atoms with van der Waals surface area (Å²) in [7, 11) is 0. The van der Waals surface area contributed by atoms with Gasteiger partial charge in [-0.3, -0.25) is 0 Å². The summed E-state index contributed by atoms with van der Waals surface area (Å²) in [5, 5.41) is 0. The Bertz CT molecular complexity index is 1670. The van der Waals surface area contributed by atoms with Gasteiger partial charge in [0.05, 0.1) is 26.4 Å². The van der Waals surface area contributed by atoms with Crippen molar-refractivity contribution in [2.24, 2.45) is 5.92 Å². The molecule has 0 atom stereocenters. The van der Waals surface area contributed by atoms with E-state index in [0.717, 1.165) is 38.5 Å². The summed E-state index contributed by atoms with van der Waals surface area (Å²) in [5.41, 5.74) is -0.399. The van der Waals surface area contributed by atoms with Crippen LogP contribution in [0.15, 0.2) is 60.7 Å². The van der Waals surface area contributed by atoms with Gasteiger partial charge < -0.3 is 18.9 Å². The molecule has 0 radical (unpaired) electrons. The van der Waals surface area contributed by atoms with Crippen LogP contribution in [0.1, 0.15) is 111 Å². The van der Waals surface area contributed by atoms with Crippen LogP contribution < -0.4 is 18.9 Å². The molecular weight excluding hydrogens is 730 g/mol. The number of ether oxygens (including phenoxy) is 4. The highest BCUT2D eigenvalue weighted by molar-refractivity contribution is 5.68. The van der Waals surface area contributed by atoms with E-state index in [9.17, 15) is 26.3 Å². The van der Waals surface area contributed by atoms with Crippen molar-refractivity contribution in [2.75, 3.05) is 26.4 Å². The molecule has 4 rings (SSSR count). The Hall–Kier alpha value is -4.34. The molecule has 0 amide bonds. The Kier molecular flexibility index (Phi) is 18.8. The molecule has 0 aliphatic rings. The van der Waals surface area contributed by atoms with Crippen LogP contribution in [0.2, 0.25) is 0 Å². The molecule has 0 fully saturated rings. The second-order valence-corrected chi connectivity index (χ2v) is 14.2. The molecule has 0 aliphatic heterocycles. The molecule has 0 N–H and O–H groups in total. The third kappa shape index (κ3) is 13.4. The first-order chi connectivity index (χ1) is 27.1. The largest absolute Gasteiger partial charge is 0.493 e. The molecule has 4 aromatic rings. The standard InChI is InChI=1S/C46H56F6O4/c1-4-53-41-26-24-37(43(49)45(41)51)35-22-20-33(30-39(35)47)55-28-16-12-8-6-10-14-18-32(3)19-15-11-7-9-13-17-29-56-34-21-23-36(40(48)31-34)38-25-27-42(54-5-2)46(52)44(38)50/h20-27,30-32H,4-19,28-29H2,1-3H3. The van der Waals surface area contributed by atoms with Crippen molar-refractivity contribution in [3.05, 3.63) is 95.6 Å². The van der Waals surface area contributed by atoms with E-state index in [0.29, 0.717) is 30.6 Å². The molecule has 0 spiro atoms. The fourth-order valence-corrected chi connectivity index (χ4v) is 6.75. The molecule has 0 aliphatic carbocycles. The first kappa shape index (κ1) is 44.4. The Morgan fingerprint density at radius 1 is 0.411 bits per heavy atom. The Morgan fingerprint density at radius 2 is 0.768 bits per heavy atom. The third-order valence-corrected chi connectivity index (χ3v) is 9.87. The van der Waals surface area contributed by atoms with Crippen LogP contribution in [-0.2, 0) is 0 Å². The van der Waals surface area contributed by atoms with Crippen molar-refractivity contribution in [1.82, 2.24) is 0 Å². The van der Waals surface area contributed by atoms with Crippen molar-refractivity contribution in [2.45, 2.75) is 111 Å². The minimum Gasteiger partial charge on any atom is -0.493 e.